The number of benzene rings is 4. The molecule has 1 heterocycles. The number of halogens is 4. The minimum Gasteiger partial charge on any atom is -0.406 e. The molecule has 5 rings (SSSR count). The fourth-order valence-corrected chi connectivity index (χ4v) is 5.09. The molecule has 0 bridgehead atoms. The summed E-state index contributed by atoms with van der Waals surface area (Å²) in [7, 11) is 0. The number of anilines is 1. The second kappa shape index (κ2) is 9.45. The number of hydrogen-bond acceptors (Lipinski definition) is 3. The molecule has 4 aromatic rings. The summed E-state index contributed by atoms with van der Waals surface area (Å²) >= 11 is 1.86. The summed E-state index contributed by atoms with van der Waals surface area (Å²) in [5.41, 5.74) is 2.03. The van der Waals surface area contributed by atoms with Crippen LogP contribution in [-0.2, 0) is 11.3 Å². The average molecular weight is 602 g/mol. The maximum atomic E-state index is 13.9. The molecule has 0 aliphatic carbocycles. The molecule has 0 spiro atoms. The maximum absolute atomic E-state index is 13.9. The van der Waals surface area contributed by atoms with Gasteiger partial charge in [-0.2, -0.15) is 0 Å². The van der Waals surface area contributed by atoms with Gasteiger partial charge in [0.1, 0.15) is 11.8 Å². The molecule has 1 atom stereocenters. The Morgan fingerprint density at radius 3 is 2.25 bits per heavy atom. The third kappa shape index (κ3) is 4.62. The van der Waals surface area contributed by atoms with Gasteiger partial charge >= 0.3 is 6.36 Å². The lowest BCUT2D eigenvalue weighted by molar-refractivity contribution is -0.274. The standard InChI is InChI=1S/C27H18F3IN2O3/c28-27(29,30)36-20-14-12-18(13-15-20)24-26(35)33(31)23-11-4-3-10-22(23)25(34)32(24)16-19-8-5-7-17-6-1-2-9-21(17)19/h1-15,24H,16H2. The van der Waals surface area contributed by atoms with E-state index in [1.165, 1.54) is 20.1 Å². The molecule has 1 aliphatic rings. The fraction of sp³-hybridized carbons (Fsp3) is 0.111. The summed E-state index contributed by atoms with van der Waals surface area (Å²) in [4.78, 5) is 29.1. The summed E-state index contributed by atoms with van der Waals surface area (Å²) in [6, 6.07) is 24.3. The first-order chi connectivity index (χ1) is 17.2. The van der Waals surface area contributed by atoms with Crippen molar-refractivity contribution in [3.05, 3.63) is 108 Å². The number of para-hydroxylation sites is 1. The zero-order valence-electron chi connectivity index (χ0n) is 18.6. The molecule has 182 valence electrons. The molecule has 2 amide bonds. The molecular formula is C27H18F3IN2O3. The lowest BCUT2D eigenvalue weighted by atomic mass is 10.0. The molecule has 9 heteroatoms. The second-order valence-corrected chi connectivity index (χ2v) is 9.19. The van der Waals surface area contributed by atoms with Crippen molar-refractivity contribution < 1.29 is 27.5 Å². The third-order valence-electron chi connectivity index (χ3n) is 6.00. The van der Waals surface area contributed by atoms with Gasteiger partial charge < -0.3 is 9.64 Å². The van der Waals surface area contributed by atoms with E-state index in [-0.39, 0.29) is 12.5 Å². The van der Waals surface area contributed by atoms with Crippen LogP contribution in [0.3, 0.4) is 0 Å². The summed E-state index contributed by atoms with van der Waals surface area (Å²) in [5, 5.41) is 1.93. The molecule has 0 aromatic heterocycles. The summed E-state index contributed by atoms with van der Waals surface area (Å²) in [6.45, 7) is 0.121. The lowest BCUT2D eigenvalue weighted by Crippen LogP contribution is -2.39. The van der Waals surface area contributed by atoms with E-state index >= 15 is 0 Å². The van der Waals surface area contributed by atoms with Gasteiger partial charge in [-0.25, -0.2) is 3.11 Å². The highest BCUT2D eigenvalue weighted by Crippen LogP contribution is 2.38. The molecule has 1 aliphatic heterocycles. The van der Waals surface area contributed by atoms with E-state index in [4.69, 9.17) is 0 Å². The highest BCUT2D eigenvalue weighted by molar-refractivity contribution is 14.1. The van der Waals surface area contributed by atoms with E-state index < -0.39 is 24.1 Å². The lowest BCUT2D eigenvalue weighted by Gasteiger charge is -2.30. The van der Waals surface area contributed by atoms with Crippen molar-refractivity contribution in [1.29, 1.82) is 0 Å². The van der Waals surface area contributed by atoms with Gasteiger partial charge in [0.2, 0.25) is 0 Å². The Morgan fingerprint density at radius 2 is 1.50 bits per heavy atom. The first kappa shape index (κ1) is 24.1. The van der Waals surface area contributed by atoms with Crippen LogP contribution in [-0.4, -0.2) is 23.1 Å². The monoisotopic (exact) mass is 602 g/mol. The van der Waals surface area contributed by atoms with E-state index in [1.807, 2.05) is 65.3 Å². The smallest absolute Gasteiger partial charge is 0.406 e. The molecule has 0 fully saturated rings. The van der Waals surface area contributed by atoms with Gasteiger partial charge in [-0.15, -0.1) is 13.2 Å². The maximum Gasteiger partial charge on any atom is 0.573 e. The Hall–Kier alpha value is -3.60. The van der Waals surface area contributed by atoms with E-state index in [1.54, 1.807) is 24.3 Å². The number of ether oxygens (including phenoxy) is 1. The van der Waals surface area contributed by atoms with Crippen LogP contribution < -0.4 is 7.85 Å². The van der Waals surface area contributed by atoms with Crippen molar-refractivity contribution in [2.75, 3.05) is 3.11 Å². The molecule has 0 saturated heterocycles. The predicted molar refractivity (Wildman–Crippen MR) is 138 cm³/mol. The second-order valence-electron chi connectivity index (χ2n) is 8.23. The number of nitrogens with zero attached hydrogens (tertiary/aromatic N) is 2. The van der Waals surface area contributed by atoms with Crippen molar-refractivity contribution in [3.63, 3.8) is 0 Å². The number of fused-ring (bicyclic) bond motifs is 2. The SMILES string of the molecule is O=C1C(c2ccc(OC(F)(F)F)cc2)N(Cc2cccc3ccccc23)C(=O)c2ccccc2N1I. The number of amides is 2. The molecule has 5 nitrogen and oxygen atoms in total. The van der Waals surface area contributed by atoms with Gasteiger partial charge in [0.25, 0.3) is 11.8 Å². The Balaban J connectivity index is 1.62. The van der Waals surface area contributed by atoms with Crippen LogP contribution in [0.1, 0.15) is 27.5 Å². The molecule has 0 N–H and O–H groups in total. The van der Waals surface area contributed by atoms with Crippen LogP contribution in [0.25, 0.3) is 10.8 Å². The first-order valence-corrected chi connectivity index (χ1v) is 11.9. The van der Waals surface area contributed by atoms with Crippen LogP contribution >= 0.6 is 22.9 Å². The number of hydrogen-bond donors (Lipinski definition) is 0. The van der Waals surface area contributed by atoms with Crippen LogP contribution in [0.15, 0.2) is 91.0 Å². The van der Waals surface area contributed by atoms with Gasteiger partial charge in [-0.05, 0) is 46.2 Å². The number of carbonyl (C=O) groups excluding carboxylic acids is 2. The average Bonchev–Trinajstić information content (AvgIpc) is 2.94. The summed E-state index contributed by atoms with van der Waals surface area (Å²) < 4.78 is 43.4. The molecule has 0 saturated carbocycles. The Morgan fingerprint density at radius 1 is 0.833 bits per heavy atom. The van der Waals surface area contributed by atoms with Crippen molar-refractivity contribution in [2.45, 2.75) is 18.9 Å². The van der Waals surface area contributed by atoms with Gasteiger partial charge in [-0.1, -0.05) is 66.7 Å². The van der Waals surface area contributed by atoms with Gasteiger partial charge in [-0.3, -0.25) is 9.59 Å². The Bertz CT molecular complexity index is 1450. The van der Waals surface area contributed by atoms with E-state index in [2.05, 4.69) is 4.74 Å². The van der Waals surface area contributed by atoms with Gasteiger partial charge in [0.15, 0.2) is 0 Å². The van der Waals surface area contributed by atoms with Crippen molar-refractivity contribution in [3.8, 4) is 5.75 Å². The minimum absolute atomic E-state index is 0.121. The van der Waals surface area contributed by atoms with E-state index in [0.717, 1.165) is 28.5 Å². The molecule has 36 heavy (non-hydrogen) atoms. The number of alkyl halides is 3. The molecule has 4 aromatic carbocycles. The van der Waals surface area contributed by atoms with Crippen molar-refractivity contribution in [2.24, 2.45) is 0 Å². The first-order valence-electron chi connectivity index (χ1n) is 10.9. The quantitative estimate of drug-likeness (QED) is 0.190. The van der Waals surface area contributed by atoms with Gasteiger partial charge in [0.05, 0.1) is 34.1 Å². The zero-order chi connectivity index (χ0) is 25.4. The van der Waals surface area contributed by atoms with Crippen LogP contribution in [0, 0.1) is 0 Å². The highest BCUT2D eigenvalue weighted by atomic mass is 127. The molecule has 0 radical (unpaired) electrons. The summed E-state index contributed by atoms with van der Waals surface area (Å²) in [5.74, 6) is -1.15. The molecule has 1 unspecified atom stereocenters. The van der Waals surface area contributed by atoms with Crippen molar-refractivity contribution >= 4 is 51.1 Å². The van der Waals surface area contributed by atoms with Gasteiger partial charge in [0, 0.05) is 6.54 Å². The Labute approximate surface area is 218 Å². The summed E-state index contributed by atoms with van der Waals surface area (Å²) in [6.07, 6.45) is -4.84. The van der Waals surface area contributed by atoms with E-state index in [9.17, 15) is 22.8 Å². The van der Waals surface area contributed by atoms with Crippen LogP contribution in [0.4, 0.5) is 18.9 Å². The van der Waals surface area contributed by atoms with E-state index in [0.29, 0.717) is 16.8 Å². The minimum atomic E-state index is -4.84. The number of carbonyl (C=O) groups is 2. The van der Waals surface area contributed by atoms with Crippen LogP contribution in [0.2, 0.25) is 0 Å². The van der Waals surface area contributed by atoms with Crippen LogP contribution in [0.5, 0.6) is 5.75 Å². The number of rotatable bonds is 4. The fourth-order valence-electron chi connectivity index (χ4n) is 4.41. The van der Waals surface area contributed by atoms with Crippen molar-refractivity contribution in [1.82, 2.24) is 4.90 Å². The third-order valence-corrected chi connectivity index (χ3v) is 6.99. The Kier molecular flexibility index (Phi) is 6.33. The largest absolute Gasteiger partial charge is 0.573 e. The normalized spacial score (nSPS) is 16.2. The predicted octanol–water partition coefficient (Wildman–Crippen LogP) is 6.82. The topological polar surface area (TPSA) is 49.9 Å². The highest BCUT2D eigenvalue weighted by Gasteiger charge is 2.40. The molecular weight excluding hydrogens is 584 g/mol. The zero-order valence-corrected chi connectivity index (χ0v) is 20.7.